The van der Waals surface area contributed by atoms with Crippen molar-refractivity contribution in [2.75, 3.05) is 0 Å². The van der Waals surface area contributed by atoms with E-state index >= 15 is 0 Å². The van der Waals surface area contributed by atoms with Gasteiger partial charge in [-0.2, -0.15) is 0 Å². The minimum atomic E-state index is -0.678. The van der Waals surface area contributed by atoms with Crippen LogP contribution in [0.25, 0.3) is 0 Å². The minimum absolute atomic E-state index is 0.0226. The maximum Gasteiger partial charge on any atom is 0.312 e. The molecule has 0 saturated carbocycles. The third-order valence-electron chi connectivity index (χ3n) is 2.10. The molecule has 1 heterocycles. The fourth-order valence-electron chi connectivity index (χ4n) is 1.30. The first-order chi connectivity index (χ1) is 8.97. The van der Waals surface area contributed by atoms with Crippen molar-refractivity contribution in [1.29, 1.82) is 0 Å². The SMILES string of the molecule is O=[N+]([O-])c1cc(Br)c(F)cc1Oc1cccc(Cl)n1. The van der Waals surface area contributed by atoms with Crippen LogP contribution in [0.3, 0.4) is 0 Å². The van der Waals surface area contributed by atoms with Crippen LogP contribution >= 0.6 is 27.5 Å². The zero-order chi connectivity index (χ0) is 14.0. The van der Waals surface area contributed by atoms with Gasteiger partial charge in [-0.05, 0) is 22.0 Å². The lowest BCUT2D eigenvalue weighted by atomic mass is 10.3. The zero-order valence-electron chi connectivity index (χ0n) is 9.14. The number of benzene rings is 1. The van der Waals surface area contributed by atoms with Gasteiger partial charge in [0.1, 0.15) is 11.0 Å². The number of halogens is 3. The highest BCUT2D eigenvalue weighted by atomic mass is 79.9. The Kier molecular flexibility index (Phi) is 3.96. The first-order valence-corrected chi connectivity index (χ1v) is 6.08. The van der Waals surface area contributed by atoms with Crippen molar-refractivity contribution in [3.63, 3.8) is 0 Å². The van der Waals surface area contributed by atoms with Crippen LogP contribution in [0.4, 0.5) is 10.1 Å². The summed E-state index contributed by atoms with van der Waals surface area (Å²) >= 11 is 8.54. The molecule has 8 heteroatoms. The summed E-state index contributed by atoms with van der Waals surface area (Å²) in [5.41, 5.74) is -0.380. The molecule has 1 aromatic carbocycles. The Labute approximate surface area is 120 Å². The molecule has 0 saturated heterocycles. The molecule has 0 radical (unpaired) electrons. The lowest BCUT2D eigenvalue weighted by Crippen LogP contribution is -1.96. The van der Waals surface area contributed by atoms with Crippen molar-refractivity contribution in [2.45, 2.75) is 0 Å². The molecule has 0 bridgehead atoms. The minimum Gasteiger partial charge on any atom is -0.432 e. The first-order valence-electron chi connectivity index (χ1n) is 4.91. The topological polar surface area (TPSA) is 65.3 Å². The van der Waals surface area contributed by atoms with E-state index in [1.165, 1.54) is 12.1 Å². The summed E-state index contributed by atoms with van der Waals surface area (Å²) in [6, 6.07) is 6.46. The maximum atomic E-state index is 13.4. The predicted octanol–water partition coefficient (Wildman–Crippen LogP) is 4.34. The Hall–Kier alpha value is -1.73. The van der Waals surface area contributed by atoms with E-state index in [0.717, 1.165) is 12.1 Å². The Morgan fingerprint density at radius 1 is 1.42 bits per heavy atom. The molecule has 1 aromatic heterocycles. The highest BCUT2D eigenvalue weighted by Crippen LogP contribution is 2.35. The molecule has 0 aliphatic carbocycles. The van der Waals surface area contributed by atoms with Gasteiger partial charge in [-0.1, -0.05) is 17.7 Å². The number of ether oxygens (including phenoxy) is 1. The van der Waals surface area contributed by atoms with E-state index in [1.807, 2.05) is 0 Å². The molecule has 2 aromatic rings. The average Bonchev–Trinajstić information content (AvgIpc) is 2.33. The van der Waals surface area contributed by atoms with Gasteiger partial charge in [-0.3, -0.25) is 10.1 Å². The van der Waals surface area contributed by atoms with Crippen LogP contribution in [0.2, 0.25) is 5.15 Å². The van der Waals surface area contributed by atoms with E-state index in [2.05, 4.69) is 20.9 Å². The summed E-state index contributed by atoms with van der Waals surface area (Å²) < 4.78 is 18.6. The van der Waals surface area contributed by atoms with Crippen LogP contribution in [0.5, 0.6) is 11.6 Å². The van der Waals surface area contributed by atoms with Crippen LogP contribution < -0.4 is 4.74 Å². The van der Waals surface area contributed by atoms with Gasteiger partial charge in [0.2, 0.25) is 11.6 Å². The van der Waals surface area contributed by atoms with Crippen molar-refractivity contribution in [2.24, 2.45) is 0 Å². The number of hydrogen-bond acceptors (Lipinski definition) is 4. The largest absolute Gasteiger partial charge is 0.432 e. The quantitative estimate of drug-likeness (QED) is 0.471. The number of nitrogens with zero attached hydrogens (tertiary/aromatic N) is 2. The molecule has 2 rings (SSSR count). The number of rotatable bonds is 3. The molecule has 0 N–H and O–H groups in total. The molecule has 0 spiro atoms. The molecule has 98 valence electrons. The van der Waals surface area contributed by atoms with E-state index in [1.54, 1.807) is 6.07 Å². The Bertz CT molecular complexity index is 654. The summed E-state index contributed by atoms with van der Waals surface area (Å²) in [4.78, 5) is 14.0. The molecule has 0 amide bonds. The van der Waals surface area contributed by atoms with E-state index in [0.29, 0.717) is 0 Å². The first kappa shape index (κ1) is 13.7. The van der Waals surface area contributed by atoms with E-state index < -0.39 is 10.7 Å². The monoisotopic (exact) mass is 346 g/mol. The lowest BCUT2D eigenvalue weighted by molar-refractivity contribution is -0.385. The molecular weight excluding hydrogens is 342 g/mol. The Morgan fingerprint density at radius 3 is 2.79 bits per heavy atom. The van der Waals surface area contributed by atoms with Gasteiger partial charge in [0, 0.05) is 18.2 Å². The predicted molar refractivity (Wildman–Crippen MR) is 70.1 cm³/mol. The highest BCUT2D eigenvalue weighted by Gasteiger charge is 2.20. The van der Waals surface area contributed by atoms with Crippen molar-refractivity contribution in [1.82, 2.24) is 4.98 Å². The number of pyridine rings is 1. The summed E-state index contributed by atoms with van der Waals surface area (Å²) in [7, 11) is 0. The maximum absolute atomic E-state index is 13.4. The molecule has 0 atom stereocenters. The molecular formula is C11H5BrClFN2O3. The smallest absolute Gasteiger partial charge is 0.312 e. The van der Waals surface area contributed by atoms with Gasteiger partial charge < -0.3 is 4.74 Å². The third kappa shape index (κ3) is 3.18. The van der Waals surface area contributed by atoms with Crippen molar-refractivity contribution < 1.29 is 14.1 Å². The number of aromatic nitrogens is 1. The molecule has 0 aliphatic heterocycles. The van der Waals surface area contributed by atoms with E-state index in [9.17, 15) is 14.5 Å². The number of nitro groups is 1. The summed E-state index contributed by atoms with van der Waals surface area (Å²) in [6.07, 6.45) is 0. The zero-order valence-corrected chi connectivity index (χ0v) is 11.5. The fraction of sp³-hybridized carbons (Fsp3) is 0. The van der Waals surface area contributed by atoms with Crippen molar-refractivity contribution in [3.05, 3.63) is 55.9 Å². The average molecular weight is 348 g/mol. The number of hydrogen-bond donors (Lipinski definition) is 0. The van der Waals surface area contributed by atoms with Crippen LogP contribution in [-0.4, -0.2) is 9.91 Å². The van der Waals surface area contributed by atoms with Crippen molar-refractivity contribution >= 4 is 33.2 Å². The lowest BCUT2D eigenvalue weighted by Gasteiger charge is -2.06. The Balaban J connectivity index is 2.44. The van der Waals surface area contributed by atoms with Gasteiger partial charge in [0.05, 0.1) is 9.40 Å². The summed E-state index contributed by atoms with van der Waals surface area (Å²) in [5, 5.41) is 11.0. The molecule has 0 aliphatic rings. The highest BCUT2D eigenvalue weighted by molar-refractivity contribution is 9.10. The molecule has 19 heavy (non-hydrogen) atoms. The third-order valence-corrected chi connectivity index (χ3v) is 2.92. The van der Waals surface area contributed by atoms with Gasteiger partial charge in [-0.25, -0.2) is 9.37 Å². The molecule has 0 fully saturated rings. The summed E-state index contributed by atoms with van der Waals surface area (Å²) in [6.45, 7) is 0. The van der Waals surface area contributed by atoms with Crippen molar-refractivity contribution in [3.8, 4) is 11.6 Å². The molecule has 5 nitrogen and oxygen atoms in total. The normalized spacial score (nSPS) is 10.3. The van der Waals surface area contributed by atoms with E-state index in [-0.39, 0.29) is 26.9 Å². The van der Waals surface area contributed by atoms with Crippen LogP contribution in [0.15, 0.2) is 34.8 Å². The van der Waals surface area contributed by atoms with Crippen LogP contribution in [0, 0.1) is 15.9 Å². The van der Waals surface area contributed by atoms with Gasteiger partial charge in [0.15, 0.2) is 0 Å². The second-order valence-electron chi connectivity index (χ2n) is 3.39. The fourth-order valence-corrected chi connectivity index (χ4v) is 1.79. The standard InChI is InChI=1S/C11H5BrClFN2O3/c12-6-4-8(16(17)18)9(5-7(6)14)19-11-3-1-2-10(13)15-11/h1-5H. The van der Waals surface area contributed by atoms with Crippen LogP contribution in [0.1, 0.15) is 0 Å². The summed E-state index contributed by atoms with van der Waals surface area (Å²) in [5.74, 6) is -0.889. The van der Waals surface area contributed by atoms with E-state index in [4.69, 9.17) is 16.3 Å². The van der Waals surface area contributed by atoms with Gasteiger partial charge >= 0.3 is 5.69 Å². The Morgan fingerprint density at radius 2 is 2.16 bits per heavy atom. The van der Waals surface area contributed by atoms with Gasteiger partial charge in [-0.15, -0.1) is 0 Å². The second-order valence-corrected chi connectivity index (χ2v) is 4.63. The van der Waals surface area contributed by atoms with Crippen LogP contribution in [-0.2, 0) is 0 Å². The molecule has 0 unspecified atom stereocenters. The van der Waals surface area contributed by atoms with Gasteiger partial charge in [0.25, 0.3) is 0 Å². The second kappa shape index (κ2) is 5.50. The number of nitro benzene ring substituents is 1.